The van der Waals surface area contributed by atoms with Crippen LogP contribution in [-0.2, 0) is 11.2 Å². The van der Waals surface area contributed by atoms with Crippen LogP contribution in [0.2, 0.25) is 0 Å². The highest BCUT2D eigenvalue weighted by Gasteiger charge is 2.31. The summed E-state index contributed by atoms with van der Waals surface area (Å²) in [5, 5.41) is 0. The molecular formula is C21H26N2O5. The van der Waals surface area contributed by atoms with E-state index in [-0.39, 0.29) is 17.9 Å². The molecule has 1 atom stereocenters. The first-order valence-corrected chi connectivity index (χ1v) is 9.25. The van der Waals surface area contributed by atoms with Gasteiger partial charge in [0.1, 0.15) is 17.3 Å². The molecule has 0 saturated carbocycles. The molecule has 0 N–H and O–H groups in total. The van der Waals surface area contributed by atoms with Gasteiger partial charge in [0.25, 0.3) is 5.91 Å². The minimum absolute atomic E-state index is 0.00632. The van der Waals surface area contributed by atoms with Gasteiger partial charge in [0.2, 0.25) is 5.91 Å². The monoisotopic (exact) mass is 386 g/mol. The largest absolute Gasteiger partial charge is 0.497 e. The van der Waals surface area contributed by atoms with Crippen LogP contribution in [0.15, 0.2) is 34.7 Å². The molecule has 7 nitrogen and oxygen atoms in total. The van der Waals surface area contributed by atoms with Gasteiger partial charge in [-0.3, -0.25) is 9.59 Å². The van der Waals surface area contributed by atoms with Crippen LogP contribution in [0.1, 0.15) is 35.2 Å². The fourth-order valence-corrected chi connectivity index (χ4v) is 3.45. The van der Waals surface area contributed by atoms with Crippen LogP contribution in [0.4, 0.5) is 0 Å². The molecule has 2 aromatic rings. The molecule has 0 spiro atoms. The van der Waals surface area contributed by atoms with Crippen LogP contribution >= 0.6 is 0 Å². The zero-order chi connectivity index (χ0) is 20.3. The van der Waals surface area contributed by atoms with Gasteiger partial charge in [0.05, 0.1) is 20.3 Å². The Morgan fingerprint density at radius 1 is 1.21 bits per heavy atom. The van der Waals surface area contributed by atoms with Crippen molar-refractivity contribution in [3.63, 3.8) is 0 Å². The summed E-state index contributed by atoms with van der Waals surface area (Å²) < 4.78 is 16.5. The van der Waals surface area contributed by atoms with Crippen molar-refractivity contribution in [3.8, 4) is 11.5 Å². The van der Waals surface area contributed by atoms with Gasteiger partial charge < -0.3 is 23.7 Å². The lowest BCUT2D eigenvalue weighted by molar-refractivity contribution is -0.129. The van der Waals surface area contributed by atoms with Crippen molar-refractivity contribution in [2.24, 2.45) is 0 Å². The molecule has 2 amide bonds. The number of likely N-dealkylation sites (N-methyl/N-ethyl adjacent to an activating group) is 1. The zero-order valence-corrected chi connectivity index (χ0v) is 16.7. The number of rotatable bonds is 6. The van der Waals surface area contributed by atoms with Crippen molar-refractivity contribution in [1.82, 2.24) is 9.80 Å². The van der Waals surface area contributed by atoms with Crippen molar-refractivity contribution < 1.29 is 23.5 Å². The van der Waals surface area contributed by atoms with Gasteiger partial charge in [0.15, 0.2) is 5.76 Å². The van der Waals surface area contributed by atoms with E-state index in [1.54, 1.807) is 43.2 Å². The first-order valence-electron chi connectivity index (χ1n) is 9.25. The fourth-order valence-electron chi connectivity index (χ4n) is 3.45. The van der Waals surface area contributed by atoms with E-state index in [0.29, 0.717) is 31.0 Å². The molecular weight excluding hydrogens is 360 g/mol. The Morgan fingerprint density at radius 2 is 2.00 bits per heavy atom. The molecule has 1 aromatic carbocycles. The van der Waals surface area contributed by atoms with Crippen LogP contribution in [0.25, 0.3) is 0 Å². The second-order valence-corrected chi connectivity index (χ2v) is 6.94. The molecule has 1 unspecified atom stereocenters. The number of carbonyl (C=O) groups excluding carboxylic acids is 2. The number of likely N-dealkylation sites (tertiary alicyclic amines) is 1. The predicted molar refractivity (Wildman–Crippen MR) is 104 cm³/mol. The third-order valence-electron chi connectivity index (χ3n) is 5.22. The van der Waals surface area contributed by atoms with Crippen molar-refractivity contribution in [2.75, 3.05) is 34.4 Å². The summed E-state index contributed by atoms with van der Waals surface area (Å²) in [5.41, 5.74) is 0.916. The van der Waals surface area contributed by atoms with Crippen LogP contribution in [0.3, 0.4) is 0 Å². The van der Waals surface area contributed by atoms with Gasteiger partial charge in [-0.15, -0.1) is 0 Å². The van der Waals surface area contributed by atoms with Crippen LogP contribution < -0.4 is 9.47 Å². The smallest absolute Gasteiger partial charge is 0.289 e. The lowest BCUT2D eigenvalue weighted by atomic mass is 10.1. The number of hydrogen-bond donors (Lipinski definition) is 0. The number of ether oxygens (including phenoxy) is 2. The molecule has 3 rings (SSSR count). The van der Waals surface area contributed by atoms with E-state index in [4.69, 9.17) is 13.9 Å². The molecule has 0 aliphatic carbocycles. The SMILES string of the molecule is COc1ccc(OC)c(Cc2ccc(C(=O)N3CCC(N(C)C(C)=O)C3)o2)c1. The molecule has 1 saturated heterocycles. The lowest BCUT2D eigenvalue weighted by Gasteiger charge is -2.23. The summed E-state index contributed by atoms with van der Waals surface area (Å²) in [6, 6.07) is 9.14. The average Bonchev–Trinajstić information content (AvgIpc) is 3.36. The van der Waals surface area contributed by atoms with Crippen molar-refractivity contribution in [3.05, 3.63) is 47.4 Å². The maximum atomic E-state index is 12.8. The van der Waals surface area contributed by atoms with E-state index in [0.717, 1.165) is 23.5 Å². The standard InChI is InChI=1S/C21H26N2O5/c1-14(24)22(2)16-9-10-23(13-16)21(25)20-8-6-18(28-20)12-15-11-17(26-3)5-7-19(15)27-4/h5-8,11,16H,9-10,12-13H2,1-4H3. The van der Waals surface area contributed by atoms with E-state index in [1.807, 2.05) is 18.2 Å². The molecule has 150 valence electrons. The molecule has 28 heavy (non-hydrogen) atoms. The second-order valence-electron chi connectivity index (χ2n) is 6.94. The first-order chi connectivity index (χ1) is 13.4. The lowest BCUT2D eigenvalue weighted by Crippen LogP contribution is -2.38. The highest BCUT2D eigenvalue weighted by Crippen LogP contribution is 2.27. The Labute approximate surface area is 164 Å². The quantitative estimate of drug-likeness (QED) is 0.763. The number of hydrogen-bond acceptors (Lipinski definition) is 5. The molecule has 2 heterocycles. The van der Waals surface area contributed by atoms with E-state index in [1.165, 1.54) is 6.92 Å². The average molecular weight is 386 g/mol. The second kappa shape index (κ2) is 8.37. The highest BCUT2D eigenvalue weighted by molar-refractivity contribution is 5.91. The summed E-state index contributed by atoms with van der Waals surface area (Å²) in [7, 11) is 5.00. The minimum Gasteiger partial charge on any atom is -0.497 e. The topological polar surface area (TPSA) is 72.2 Å². The number of carbonyl (C=O) groups is 2. The van der Waals surface area contributed by atoms with E-state index in [9.17, 15) is 9.59 Å². The van der Waals surface area contributed by atoms with Gasteiger partial charge in [0, 0.05) is 39.0 Å². The molecule has 1 aliphatic heterocycles. The summed E-state index contributed by atoms with van der Waals surface area (Å²) in [4.78, 5) is 27.7. The van der Waals surface area contributed by atoms with Gasteiger partial charge in [-0.2, -0.15) is 0 Å². The molecule has 7 heteroatoms. The van der Waals surface area contributed by atoms with E-state index < -0.39 is 0 Å². The first kappa shape index (κ1) is 19.8. The number of furan rings is 1. The third kappa shape index (κ3) is 4.13. The van der Waals surface area contributed by atoms with Gasteiger partial charge >= 0.3 is 0 Å². The van der Waals surface area contributed by atoms with Crippen LogP contribution in [0, 0.1) is 0 Å². The van der Waals surface area contributed by atoms with Crippen LogP contribution in [-0.4, -0.2) is 62.0 Å². The van der Waals surface area contributed by atoms with Gasteiger partial charge in [-0.25, -0.2) is 0 Å². The Balaban J connectivity index is 1.69. The maximum Gasteiger partial charge on any atom is 0.289 e. The molecule has 1 aromatic heterocycles. The Bertz CT molecular complexity index is 860. The normalized spacial score (nSPS) is 16.1. The summed E-state index contributed by atoms with van der Waals surface area (Å²) in [6.07, 6.45) is 1.26. The third-order valence-corrected chi connectivity index (χ3v) is 5.22. The Kier molecular flexibility index (Phi) is 5.92. The Morgan fingerprint density at radius 3 is 2.68 bits per heavy atom. The van der Waals surface area contributed by atoms with Crippen molar-refractivity contribution in [2.45, 2.75) is 25.8 Å². The number of methoxy groups -OCH3 is 2. The number of nitrogens with zero attached hydrogens (tertiary/aromatic N) is 2. The molecule has 1 aliphatic rings. The molecule has 0 radical (unpaired) electrons. The van der Waals surface area contributed by atoms with Crippen molar-refractivity contribution >= 4 is 11.8 Å². The van der Waals surface area contributed by atoms with Crippen molar-refractivity contribution in [1.29, 1.82) is 0 Å². The number of benzene rings is 1. The van der Waals surface area contributed by atoms with E-state index >= 15 is 0 Å². The summed E-state index contributed by atoms with van der Waals surface area (Å²) >= 11 is 0. The number of amides is 2. The summed E-state index contributed by atoms with van der Waals surface area (Å²) in [5.74, 6) is 2.31. The zero-order valence-electron chi connectivity index (χ0n) is 16.7. The molecule has 0 bridgehead atoms. The van der Waals surface area contributed by atoms with Gasteiger partial charge in [-0.05, 0) is 36.8 Å². The van der Waals surface area contributed by atoms with E-state index in [2.05, 4.69) is 0 Å². The molecule has 1 fully saturated rings. The van der Waals surface area contributed by atoms with Gasteiger partial charge in [-0.1, -0.05) is 0 Å². The predicted octanol–water partition coefficient (Wildman–Crippen LogP) is 2.58. The van der Waals surface area contributed by atoms with Crippen LogP contribution in [0.5, 0.6) is 11.5 Å². The summed E-state index contributed by atoms with van der Waals surface area (Å²) in [6.45, 7) is 2.67. The fraction of sp³-hybridized carbons (Fsp3) is 0.429. The minimum atomic E-state index is -0.150. The Hall–Kier alpha value is -2.96. The highest BCUT2D eigenvalue weighted by atomic mass is 16.5. The maximum absolute atomic E-state index is 12.8.